The average Bonchev–Trinajstić information content (AvgIpc) is 2.32. The molecule has 2 N–H and O–H groups in total. The SMILES string of the molecule is CC1C(=O)NCCN1c1cc(Br)ccc1C(=O)O. The van der Waals surface area contributed by atoms with E-state index in [0.717, 1.165) is 4.47 Å². The van der Waals surface area contributed by atoms with Crippen molar-refractivity contribution in [3.8, 4) is 0 Å². The molecule has 0 saturated carbocycles. The van der Waals surface area contributed by atoms with Crippen LogP contribution in [0.2, 0.25) is 0 Å². The van der Waals surface area contributed by atoms with Gasteiger partial charge in [0, 0.05) is 17.6 Å². The minimum atomic E-state index is -0.990. The van der Waals surface area contributed by atoms with Crippen molar-refractivity contribution in [2.24, 2.45) is 0 Å². The highest BCUT2D eigenvalue weighted by Crippen LogP contribution is 2.27. The van der Waals surface area contributed by atoms with Crippen molar-refractivity contribution in [1.29, 1.82) is 0 Å². The molecule has 1 aromatic carbocycles. The molecule has 0 aromatic heterocycles. The van der Waals surface area contributed by atoms with Gasteiger partial charge in [-0.25, -0.2) is 4.79 Å². The van der Waals surface area contributed by atoms with Crippen molar-refractivity contribution >= 4 is 33.5 Å². The summed E-state index contributed by atoms with van der Waals surface area (Å²) in [6.07, 6.45) is 0. The summed E-state index contributed by atoms with van der Waals surface area (Å²) in [5.74, 6) is -1.08. The quantitative estimate of drug-likeness (QED) is 0.867. The van der Waals surface area contributed by atoms with Crippen LogP contribution in [-0.4, -0.2) is 36.1 Å². The fourth-order valence-corrected chi connectivity index (χ4v) is 2.38. The van der Waals surface area contributed by atoms with E-state index in [0.29, 0.717) is 18.8 Å². The second kappa shape index (κ2) is 4.97. The largest absolute Gasteiger partial charge is 0.478 e. The summed E-state index contributed by atoms with van der Waals surface area (Å²) in [4.78, 5) is 24.7. The zero-order valence-corrected chi connectivity index (χ0v) is 11.4. The molecule has 1 amide bonds. The number of hydrogen-bond donors (Lipinski definition) is 2. The van der Waals surface area contributed by atoms with E-state index >= 15 is 0 Å². The fourth-order valence-electron chi connectivity index (χ4n) is 2.03. The van der Waals surface area contributed by atoms with Crippen molar-refractivity contribution in [3.05, 3.63) is 28.2 Å². The van der Waals surface area contributed by atoms with Crippen LogP contribution in [0, 0.1) is 0 Å². The van der Waals surface area contributed by atoms with Gasteiger partial charge in [-0.1, -0.05) is 15.9 Å². The topological polar surface area (TPSA) is 69.6 Å². The first-order valence-corrected chi connectivity index (χ1v) is 6.37. The van der Waals surface area contributed by atoms with Gasteiger partial charge in [0.05, 0.1) is 11.3 Å². The first-order chi connectivity index (χ1) is 8.50. The van der Waals surface area contributed by atoms with Crippen molar-refractivity contribution in [2.45, 2.75) is 13.0 Å². The van der Waals surface area contributed by atoms with Gasteiger partial charge >= 0.3 is 5.97 Å². The molecule has 1 atom stereocenters. The summed E-state index contributed by atoms with van der Waals surface area (Å²) in [6.45, 7) is 2.89. The van der Waals surface area contributed by atoms with E-state index in [1.54, 1.807) is 25.1 Å². The molecule has 1 heterocycles. The Labute approximate surface area is 113 Å². The lowest BCUT2D eigenvalue weighted by molar-refractivity contribution is -0.122. The number of carbonyl (C=O) groups excluding carboxylic acids is 1. The second-order valence-corrected chi connectivity index (χ2v) is 5.04. The number of amides is 1. The Hall–Kier alpha value is -1.56. The molecule has 0 radical (unpaired) electrons. The van der Waals surface area contributed by atoms with E-state index in [2.05, 4.69) is 21.2 Å². The molecule has 1 saturated heterocycles. The number of aromatic carboxylic acids is 1. The number of benzene rings is 1. The third-order valence-corrected chi connectivity index (χ3v) is 3.49. The highest BCUT2D eigenvalue weighted by atomic mass is 79.9. The van der Waals surface area contributed by atoms with Crippen LogP contribution in [0.5, 0.6) is 0 Å². The van der Waals surface area contributed by atoms with Crippen molar-refractivity contribution < 1.29 is 14.7 Å². The van der Waals surface area contributed by atoms with Crippen LogP contribution in [0.1, 0.15) is 17.3 Å². The number of carbonyl (C=O) groups is 2. The summed E-state index contributed by atoms with van der Waals surface area (Å²) < 4.78 is 0.792. The molecule has 0 bridgehead atoms. The number of nitrogens with zero attached hydrogens (tertiary/aromatic N) is 1. The number of carboxylic acids is 1. The third kappa shape index (κ3) is 2.33. The summed E-state index contributed by atoms with van der Waals surface area (Å²) in [7, 11) is 0. The summed E-state index contributed by atoms with van der Waals surface area (Å²) in [6, 6.07) is 4.59. The lowest BCUT2D eigenvalue weighted by Gasteiger charge is -2.35. The first kappa shape index (κ1) is 12.9. The van der Waals surface area contributed by atoms with Gasteiger partial charge in [-0.2, -0.15) is 0 Å². The normalized spacial score (nSPS) is 19.6. The molecule has 1 unspecified atom stereocenters. The van der Waals surface area contributed by atoms with E-state index in [1.807, 2.05) is 4.90 Å². The zero-order chi connectivity index (χ0) is 13.3. The molecule has 96 valence electrons. The molecule has 5 nitrogen and oxygen atoms in total. The molecule has 18 heavy (non-hydrogen) atoms. The van der Waals surface area contributed by atoms with E-state index in [4.69, 9.17) is 0 Å². The maximum atomic E-state index is 11.6. The Bertz CT molecular complexity index is 504. The summed E-state index contributed by atoms with van der Waals surface area (Å²) >= 11 is 3.33. The monoisotopic (exact) mass is 312 g/mol. The molecule has 0 aliphatic carbocycles. The average molecular weight is 313 g/mol. The molecule has 1 aliphatic heterocycles. The second-order valence-electron chi connectivity index (χ2n) is 4.13. The van der Waals surface area contributed by atoms with Crippen LogP contribution in [0.3, 0.4) is 0 Å². The highest BCUT2D eigenvalue weighted by Gasteiger charge is 2.28. The maximum Gasteiger partial charge on any atom is 0.337 e. The van der Waals surface area contributed by atoms with Gasteiger partial charge < -0.3 is 15.3 Å². The number of nitrogens with one attached hydrogen (secondary N) is 1. The number of hydrogen-bond acceptors (Lipinski definition) is 3. The predicted molar refractivity (Wildman–Crippen MR) is 70.9 cm³/mol. The van der Waals surface area contributed by atoms with Crippen molar-refractivity contribution in [2.75, 3.05) is 18.0 Å². The number of rotatable bonds is 2. The van der Waals surface area contributed by atoms with E-state index in [9.17, 15) is 14.7 Å². The maximum absolute atomic E-state index is 11.6. The molecular formula is C12H13BrN2O3. The standard InChI is InChI=1S/C12H13BrN2O3/c1-7-11(16)14-4-5-15(7)10-6-8(13)2-3-9(10)12(17)18/h2-3,6-7H,4-5H2,1H3,(H,14,16)(H,17,18). The van der Waals surface area contributed by atoms with Gasteiger partial charge in [0.1, 0.15) is 6.04 Å². The highest BCUT2D eigenvalue weighted by molar-refractivity contribution is 9.10. The Kier molecular flexibility index (Phi) is 3.56. The molecular weight excluding hydrogens is 300 g/mol. The van der Waals surface area contributed by atoms with Crippen LogP contribution in [-0.2, 0) is 4.79 Å². The van der Waals surface area contributed by atoms with Gasteiger partial charge in [0.15, 0.2) is 0 Å². The lowest BCUT2D eigenvalue weighted by Crippen LogP contribution is -2.54. The minimum absolute atomic E-state index is 0.0856. The van der Waals surface area contributed by atoms with Crippen LogP contribution >= 0.6 is 15.9 Å². The van der Waals surface area contributed by atoms with Gasteiger partial charge in [-0.05, 0) is 25.1 Å². The summed E-state index contributed by atoms with van der Waals surface area (Å²) in [5.41, 5.74) is 0.777. The van der Waals surface area contributed by atoms with Crippen molar-refractivity contribution in [3.63, 3.8) is 0 Å². The molecule has 1 aromatic rings. The predicted octanol–water partition coefficient (Wildman–Crippen LogP) is 1.47. The van der Waals surface area contributed by atoms with Crippen LogP contribution in [0.4, 0.5) is 5.69 Å². The van der Waals surface area contributed by atoms with Crippen LogP contribution in [0.25, 0.3) is 0 Å². The van der Waals surface area contributed by atoms with Crippen LogP contribution in [0.15, 0.2) is 22.7 Å². The molecule has 6 heteroatoms. The number of anilines is 1. The Balaban J connectivity index is 2.45. The lowest BCUT2D eigenvalue weighted by atomic mass is 10.1. The molecule has 1 fully saturated rings. The number of carboxylic acid groups (broad SMARTS) is 1. The number of piperazine rings is 1. The van der Waals surface area contributed by atoms with E-state index < -0.39 is 5.97 Å². The summed E-state index contributed by atoms with van der Waals surface area (Å²) in [5, 5.41) is 12.0. The van der Waals surface area contributed by atoms with Crippen LogP contribution < -0.4 is 10.2 Å². The smallest absolute Gasteiger partial charge is 0.337 e. The van der Waals surface area contributed by atoms with E-state index in [1.165, 1.54) is 0 Å². The Morgan fingerprint density at radius 2 is 2.28 bits per heavy atom. The number of halogens is 1. The van der Waals surface area contributed by atoms with E-state index in [-0.39, 0.29) is 17.5 Å². The minimum Gasteiger partial charge on any atom is -0.478 e. The van der Waals surface area contributed by atoms with Gasteiger partial charge in [0.2, 0.25) is 5.91 Å². The fraction of sp³-hybridized carbons (Fsp3) is 0.333. The third-order valence-electron chi connectivity index (χ3n) is 3.00. The first-order valence-electron chi connectivity index (χ1n) is 5.58. The Morgan fingerprint density at radius 3 is 2.94 bits per heavy atom. The van der Waals surface area contributed by atoms with Gasteiger partial charge in [0.25, 0.3) is 0 Å². The molecule has 2 rings (SSSR count). The zero-order valence-electron chi connectivity index (χ0n) is 9.81. The molecule has 0 spiro atoms. The van der Waals surface area contributed by atoms with Crippen molar-refractivity contribution in [1.82, 2.24) is 5.32 Å². The Morgan fingerprint density at radius 1 is 1.56 bits per heavy atom. The molecule has 1 aliphatic rings. The van der Waals surface area contributed by atoms with Gasteiger partial charge in [-0.3, -0.25) is 4.79 Å². The van der Waals surface area contributed by atoms with Gasteiger partial charge in [-0.15, -0.1) is 0 Å².